The molecule has 0 saturated carbocycles. The molecule has 120 valence electrons. The average Bonchev–Trinajstić information content (AvgIpc) is 3.26. The van der Waals surface area contributed by atoms with Crippen LogP contribution < -0.4 is 5.32 Å². The van der Waals surface area contributed by atoms with Gasteiger partial charge >= 0.3 is 0 Å². The van der Waals surface area contributed by atoms with Crippen LogP contribution in [0.15, 0.2) is 30.6 Å². The molecule has 3 heterocycles. The zero-order valence-electron chi connectivity index (χ0n) is 13.0. The Bertz CT molecular complexity index is 675. The predicted molar refractivity (Wildman–Crippen MR) is 84.2 cm³/mol. The smallest absolute Gasteiger partial charge is 0.253 e. The minimum absolute atomic E-state index is 0.121. The molecule has 0 unspecified atom stereocenters. The molecule has 2 aliphatic rings. The van der Waals surface area contributed by atoms with Crippen molar-refractivity contribution < 1.29 is 4.79 Å². The minimum Gasteiger partial charge on any atom is -0.338 e. The second-order valence-electron chi connectivity index (χ2n) is 6.56. The lowest BCUT2D eigenvalue weighted by molar-refractivity contribution is 0.0764. The van der Waals surface area contributed by atoms with E-state index in [1.165, 1.54) is 19.2 Å². The van der Waals surface area contributed by atoms with Gasteiger partial charge in [0.25, 0.3) is 5.91 Å². The number of hydrogen-bond donors (Lipinski definition) is 1. The van der Waals surface area contributed by atoms with Crippen molar-refractivity contribution in [3.05, 3.63) is 36.2 Å². The highest BCUT2D eigenvalue weighted by Crippen LogP contribution is 2.36. The Morgan fingerprint density at radius 2 is 2.09 bits per heavy atom. The molecule has 2 aromatic rings. The molecule has 1 amide bonds. The van der Waals surface area contributed by atoms with Crippen LogP contribution >= 0.6 is 0 Å². The molecule has 4 rings (SSSR count). The van der Waals surface area contributed by atoms with E-state index in [1.807, 2.05) is 29.2 Å². The number of aromatic nitrogens is 4. The van der Waals surface area contributed by atoms with Crippen LogP contribution in [0.1, 0.15) is 29.6 Å². The number of nitrogens with one attached hydrogen (secondary N) is 1. The molecule has 1 aromatic heterocycles. The fourth-order valence-corrected chi connectivity index (χ4v) is 3.71. The van der Waals surface area contributed by atoms with Crippen molar-refractivity contribution in [1.82, 2.24) is 30.4 Å². The van der Waals surface area contributed by atoms with Crippen molar-refractivity contribution in [2.45, 2.75) is 19.3 Å². The van der Waals surface area contributed by atoms with Crippen LogP contribution in [0.3, 0.4) is 0 Å². The highest BCUT2D eigenvalue weighted by atomic mass is 16.2. The van der Waals surface area contributed by atoms with Gasteiger partial charge in [0.05, 0.1) is 5.69 Å². The maximum atomic E-state index is 12.7. The highest BCUT2D eigenvalue weighted by molar-refractivity contribution is 5.94. The first kappa shape index (κ1) is 14.3. The average molecular weight is 312 g/mol. The van der Waals surface area contributed by atoms with E-state index in [-0.39, 0.29) is 5.91 Å². The van der Waals surface area contributed by atoms with E-state index in [0.29, 0.717) is 5.41 Å². The molecule has 1 N–H and O–H groups in total. The SMILES string of the molecule is O=C(c1ccc(-n2cnnn2)cc1)N1CC[C@@]2(CCCNC2)C1. The van der Waals surface area contributed by atoms with Crippen LogP contribution in [0, 0.1) is 5.41 Å². The molecule has 0 bridgehead atoms. The number of carbonyl (C=O) groups is 1. The Kier molecular flexibility index (Phi) is 3.57. The summed E-state index contributed by atoms with van der Waals surface area (Å²) in [6.45, 7) is 3.87. The molecule has 1 aromatic carbocycles. The number of carbonyl (C=O) groups excluding carboxylic acids is 1. The van der Waals surface area contributed by atoms with Crippen LogP contribution in [-0.4, -0.2) is 57.2 Å². The van der Waals surface area contributed by atoms with Crippen LogP contribution in [0.4, 0.5) is 0 Å². The third-order valence-electron chi connectivity index (χ3n) is 5.01. The van der Waals surface area contributed by atoms with Crippen molar-refractivity contribution in [2.24, 2.45) is 5.41 Å². The molecular formula is C16H20N6O. The van der Waals surface area contributed by atoms with Crippen LogP contribution in [0.5, 0.6) is 0 Å². The van der Waals surface area contributed by atoms with E-state index in [4.69, 9.17) is 0 Å². The van der Waals surface area contributed by atoms with Crippen molar-refractivity contribution in [2.75, 3.05) is 26.2 Å². The van der Waals surface area contributed by atoms with Crippen molar-refractivity contribution in [3.8, 4) is 5.69 Å². The van der Waals surface area contributed by atoms with Gasteiger partial charge in [-0.15, -0.1) is 5.10 Å². The second kappa shape index (κ2) is 5.73. The third-order valence-corrected chi connectivity index (χ3v) is 5.01. The van der Waals surface area contributed by atoms with E-state index >= 15 is 0 Å². The van der Waals surface area contributed by atoms with Gasteiger partial charge in [-0.25, -0.2) is 4.68 Å². The standard InChI is InChI=1S/C16H20N6O/c23-15(21-9-7-16(11-21)6-1-8-17-10-16)13-2-4-14(5-3-13)22-12-18-19-20-22/h2-5,12,17H,1,6-11H2/t16-/m1/s1. The zero-order chi connectivity index (χ0) is 15.7. The summed E-state index contributed by atoms with van der Waals surface area (Å²) in [7, 11) is 0. The van der Waals surface area contributed by atoms with E-state index in [0.717, 1.165) is 43.9 Å². The predicted octanol–water partition coefficient (Wildman–Crippen LogP) is 0.878. The highest BCUT2D eigenvalue weighted by Gasteiger charge is 2.40. The van der Waals surface area contributed by atoms with E-state index in [1.54, 1.807) is 4.68 Å². The van der Waals surface area contributed by atoms with Crippen LogP contribution in [0.25, 0.3) is 5.69 Å². The first-order valence-electron chi connectivity index (χ1n) is 8.09. The van der Waals surface area contributed by atoms with Crippen LogP contribution in [0.2, 0.25) is 0 Å². The molecule has 0 aliphatic carbocycles. The quantitative estimate of drug-likeness (QED) is 0.891. The number of nitrogens with zero attached hydrogens (tertiary/aromatic N) is 5. The monoisotopic (exact) mass is 312 g/mol. The molecule has 1 atom stereocenters. The first-order valence-corrected chi connectivity index (χ1v) is 8.09. The summed E-state index contributed by atoms with van der Waals surface area (Å²) in [6.07, 6.45) is 5.08. The van der Waals surface area contributed by atoms with Gasteiger partial charge in [-0.2, -0.15) is 0 Å². The molecule has 23 heavy (non-hydrogen) atoms. The summed E-state index contributed by atoms with van der Waals surface area (Å²) in [4.78, 5) is 14.7. The van der Waals surface area contributed by atoms with Gasteiger partial charge in [-0.05, 0) is 60.5 Å². The second-order valence-corrected chi connectivity index (χ2v) is 6.56. The maximum Gasteiger partial charge on any atom is 0.253 e. The van der Waals surface area contributed by atoms with Gasteiger partial charge in [0.1, 0.15) is 6.33 Å². The van der Waals surface area contributed by atoms with Gasteiger partial charge in [0.2, 0.25) is 0 Å². The topological polar surface area (TPSA) is 75.9 Å². The van der Waals surface area contributed by atoms with Gasteiger partial charge < -0.3 is 10.2 Å². The lowest BCUT2D eigenvalue weighted by atomic mass is 9.80. The maximum absolute atomic E-state index is 12.7. The van der Waals surface area contributed by atoms with Gasteiger partial charge in [-0.3, -0.25) is 4.79 Å². The van der Waals surface area contributed by atoms with E-state index < -0.39 is 0 Å². The Morgan fingerprint density at radius 1 is 1.22 bits per heavy atom. The van der Waals surface area contributed by atoms with Gasteiger partial charge in [-0.1, -0.05) is 0 Å². The summed E-state index contributed by atoms with van der Waals surface area (Å²) < 4.78 is 1.58. The number of benzene rings is 1. The fraction of sp³-hybridized carbons (Fsp3) is 0.500. The largest absolute Gasteiger partial charge is 0.338 e. The Balaban J connectivity index is 1.47. The fourth-order valence-electron chi connectivity index (χ4n) is 3.71. The Morgan fingerprint density at radius 3 is 2.78 bits per heavy atom. The summed E-state index contributed by atoms with van der Waals surface area (Å²) in [6, 6.07) is 7.45. The minimum atomic E-state index is 0.121. The normalized spacial score (nSPS) is 24.3. The molecule has 7 nitrogen and oxygen atoms in total. The zero-order valence-corrected chi connectivity index (χ0v) is 13.0. The molecule has 0 radical (unpaired) electrons. The number of amides is 1. The summed E-state index contributed by atoms with van der Waals surface area (Å²) in [5, 5.41) is 14.6. The molecule has 2 fully saturated rings. The number of likely N-dealkylation sites (tertiary alicyclic amines) is 1. The molecule has 1 spiro atoms. The molecule has 7 heteroatoms. The van der Waals surface area contributed by atoms with Crippen molar-refractivity contribution in [3.63, 3.8) is 0 Å². The lowest BCUT2D eigenvalue weighted by Crippen LogP contribution is -2.42. The first-order chi connectivity index (χ1) is 11.3. The number of tetrazole rings is 1. The summed E-state index contributed by atoms with van der Waals surface area (Å²) >= 11 is 0. The molecule has 2 aliphatic heterocycles. The number of rotatable bonds is 2. The van der Waals surface area contributed by atoms with Gasteiger partial charge in [0.15, 0.2) is 0 Å². The summed E-state index contributed by atoms with van der Waals surface area (Å²) in [5.41, 5.74) is 1.86. The summed E-state index contributed by atoms with van der Waals surface area (Å²) in [5.74, 6) is 0.121. The van der Waals surface area contributed by atoms with Gasteiger partial charge in [0, 0.05) is 30.6 Å². The number of piperidine rings is 1. The van der Waals surface area contributed by atoms with Crippen molar-refractivity contribution in [1.29, 1.82) is 0 Å². The lowest BCUT2D eigenvalue weighted by Gasteiger charge is -2.33. The molecular weight excluding hydrogens is 292 g/mol. The van der Waals surface area contributed by atoms with E-state index in [9.17, 15) is 4.79 Å². The number of hydrogen-bond acceptors (Lipinski definition) is 5. The molecule has 2 saturated heterocycles. The Labute approximate surface area is 134 Å². The van der Waals surface area contributed by atoms with Crippen LogP contribution in [-0.2, 0) is 0 Å². The van der Waals surface area contributed by atoms with E-state index in [2.05, 4.69) is 20.8 Å². The third kappa shape index (κ3) is 2.72. The Hall–Kier alpha value is -2.28. The van der Waals surface area contributed by atoms with Crippen molar-refractivity contribution >= 4 is 5.91 Å².